The summed E-state index contributed by atoms with van der Waals surface area (Å²) in [5.74, 6) is -0.219. The molecule has 2 N–H and O–H groups in total. The Bertz CT molecular complexity index is 422. The molecule has 0 fully saturated rings. The lowest BCUT2D eigenvalue weighted by molar-refractivity contribution is -0.943. The fourth-order valence-corrected chi connectivity index (χ4v) is 3.16. The summed E-state index contributed by atoms with van der Waals surface area (Å²) in [6.07, 6.45) is 0. The molecule has 1 rings (SSSR count). The van der Waals surface area contributed by atoms with E-state index in [2.05, 4.69) is 46.8 Å². The summed E-state index contributed by atoms with van der Waals surface area (Å²) in [6, 6.07) is 5.91. The highest BCUT2D eigenvalue weighted by molar-refractivity contribution is 5.81. The van der Waals surface area contributed by atoms with E-state index in [1.54, 1.807) is 0 Å². The molecule has 0 aromatic heterocycles. The van der Waals surface area contributed by atoms with Gasteiger partial charge in [0.15, 0.2) is 6.04 Å². The average molecular weight is 263 g/mol. The second-order valence-electron chi connectivity index (χ2n) is 5.28. The predicted molar refractivity (Wildman–Crippen MR) is 79.7 cm³/mol. The van der Waals surface area contributed by atoms with Crippen LogP contribution in [0.25, 0.3) is 0 Å². The molecular weight excluding hydrogens is 236 g/mol. The first-order valence-corrected chi connectivity index (χ1v) is 7.14. The molecule has 106 valence electrons. The second kappa shape index (κ2) is 6.20. The summed E-state index contributed by atoms with van der Waals surface area (Å²) in [4.78, 5) is 12.1. The van der Waals surface area contributed by atoms with Crippen LogP contribution in [0.4, 0.5) is 0 Å². The maximum Gasteiger partial charge on any atom is 0.280 e. The molecule has 0 heterocycles. The fourth-order valence-electron chi connectivity index (χ4n) is 3.16. The van der Waals surface area contributed by atoms with Gasteiger partial charge in [-0.3, -0.25) is 4.79 Å². The standard InChI is InChI=1S/C16H26N2O/c1-6-18(7-2,8-3)15(16(17)19)14-12(4)10-9-11-13(14)5/h9-11,15H,6-8H2,1-5H3,(H-,17,19)/p+1. The summed E-state index contributed by atoms with van der Waals surface area (Å²) in [7, 11) is 0. The molecule has 0 aliphatic heterocycles. The number of carbonyl (C=O) groups is 1. The van der Waals surface area contributed by atoms with E-state index in [9.17, 15) is 4.79 Å². The number of quaternary nitrogens is 1. The molecule has 3 heteroatoms. The number of nitrogens with two attached hydrogens (primary N) is 1. The summed E-state index contributed by atoms with van der Waals surface area (Å²) in [5, 5.41) is 0. The van der Waals surface area contributed by atoms with Crippen molar-refractivity contribution < 1.29 is 9.28 Å². The molecule has 0 aliphatic carbocycles. The van der Waals surface area contributed by atoms with Gasteiger partial charge in [-0.15, -0.1) is 0 Å². The number of likely N-dealkylation sites (N-methyl/N-ethyl adjacent to an activating group) is 1. The zero-order valence-electron chi connectivity index (χ0n) is 12.9. The van der Waals surface area contributed by atoms with Gasteiger partial charge in [0, 0.05) is 5.56 Å². The van der Waals surface area contributed by atoms with Crippen LogP contribution in [0.5, 0.6) is 0 Å². The van der Waals surface area contributed by atoms with Crippen LogP contribution in [0.15, 0.2) is 18.2 Å². The lowest BCUT2D eigenvalue weighted by Gasteiger charge is -2.42. The fraction of sp³-hybridized carbons (Fsp3) is 0.562. The van der Waals surface area contributed by atoms with Gasteiger partial charge in [0.2, 0.25) is 0 Å². The zero-order chi connectivity index (χ0) is 14.6. The van der Waals surface area contributed by atoms with Crippen LogP contribution in [-0.4, -0.2) is 30.0 Å². The molecule has 1 atom stereocenters. The van der Waals surface area contributed by atoms with Crippen LogP contribution in [0.2, 0.25) is 0 Å². The first kappa shape index (κ1) is 15.7. The normalized spacial score (nSPS) is 13.3. The third-order valence-electron chi connectivity index (χ3n) is 4.52. The van der Waals surface area contributed by atoms with Crippen LogP contribution in [-0.2, 0) is 4.79 Å². The largest absolute Gasteiger partial charge is 0.364 e. The van der Waals surface area contributed by atoms with Gasteiger partial charge in [-0.2, -0.15) is 0 Å². The number of rotatable bonds is 6. The zero-order valence-corrected chi connectivity index (χ0v) is 12.9. The molecule has 1 aromatic carbocycles. The predicted octanol–water partition coefficient (Wildman–Crippen LogP) is 2.71. The van der Waals surface area contributed by atoms with Crippen molar-refractivity contribution in [2.24, 2.45) is 5.73 Å². The average Bonchev–Trinajstić information content (AvgIpc) is 2.38. The topological polar surface area (TPSA) is 43.1 Å². The van der Waals surface area contributed by atoms with Crippen molar-refractivity contribution in [2.75, 3.05) is 19.6 Å². The molecular formula is C16H27N2O+. The second-order valence-corrected chi connectivity index (χ2v) is 5.28. The molecule has 1 unspecified atom stereocenters. The van der Waals surface area contributed by atoms with Crippen LogP contribution < -0.4 is 5.73 Å². The van der Waals surface area contributed by atoms with Crippen LogP contribution in [0, 0.1) is 13.8 Å². The lowest BCUT2D eigenvalue weighted by atomic mass is 9.92. The maximum atomic E-state index is 12.1. The Morgan fingerprint density at radius 3 is 1.84 bits per heavy atom. The Balaban J connectivity index is 3.48. The van der Waals surface area contributed by atoms with Crippen LogP contribution in [0.3, 0.4) is 0 Å². The van der Waals surface area contributed by atoms with Gasteiger partial charge in [0.1, 0.15) is 0 Å². The number of benzene rings is 1. The SMILES string of the molecule is CC[N+](CC)(CC)C(C(N)=O)c1c(C)cccc1C. The van der Waals surface area contributed by atoms with Crippen molar-refractivity contribution in [3.63, 3.8) is 0 Å². The van der Waals surface area contributed by atoms with Gasteiger partial charge in [-0.05, 0) is 45.7 Å². The van der Waals surface area contributed by atoms with Crippen LogP contribution in [0.1, 0.15) is 43.5 Å². The molecule has 0 saturated heterocycles. The van der Waals surface area contributed by atoms with Gasteiger partial charge >= 0.3 is 0 Å². The first-order chi connectivity index (χ1) is 8.93. The summed E-state index contributed by atoms with van der Waals surface area (Å²) in [6.45, 7) is 13.3. The minimum Gasteiger partial charge on any atom is -0.364 e. The van der Waals surface area contributed by atoms with Crippen molar-refractivity contribution in [2.45, 2.75) is 40.7 Å². The van der Waals surface area contributed by atoms with E-state index in [1.165, 1.54) is 0 Å². The summed E-state index contributed by atoms with van der Waals surface area (Å²) >= 11 is 0. The Hall–Kier alpha value is -1.35. The minimum absolute atomic E-state index is 0.219. The minimum atomic E-state index is -0.249. The van der Waals surface area contributed by atoms with Crippen LogP contribution >= 0.6 is 0 Å². The Labute approximate surface area is 117 Å². The smallest absolute Gasteiger partial charge is 0.280 e. The maximum absolute atomic E-state index is 12.1. The van der Waals surface area contributed by atoms with Crippen molar-refractivity contribution in [1.29, 1.82) is 0 Å². The van der Waals surface area contributed by atoms with E-state index in [-0.39, 0.29) is 11.9 Å². The number of aryl methyl sites for hydroxylation is 2. The molecule has 0 saturated carbocycles. The number of hydrogen-bond donors (Lipinski definition) is 1. The number of amides is 1. The van der Waals surface area contributed by atoms with Gasteiger partial charge in [-0.1, -0.05) is 18.2 Å². The molecule has 1 amide bonds. The highest BCUT2D eigenvalue weighted by atomic mass is 16.1. The Morgan fingerprint density at radius 1 is 1.11 bits per heavy atom. The molecule has 0 bridgehead atoms. The summed E-state index contributed by atoms with van der Waals surface area (Å²) < 4.78 is 0.723. The number of carbonyl (C=O) groups excluding carboxylic acids is 1. The Kier molecular flexibility index (Phi) is 5.12. The highest BCUT2D eigenvalue weighted by Crippen LogP contribution is 2.32. The molecule has 0 radical (unpaired) electrons. The highest BCUT2D eigenvalue weighted by Gasteiger charge is 2.39. The van der Waals surface area contributed by atoms with Crippen molar-refractivity contribution in [3.8, 4) is 0 Å². The van der Waals surface area contributed by atoms with E-state index < -0.39 is 0 Å². The molecule has 1 aromatic rings. The van der Waals surface area contributed by atoms with Crippen molar-refractivity contribution in [1.82, 2.24) is 0 Å². The molecule has 0 spiro atoms. The van der Waals surface area contributed by atoms with Crippen molar-refractivity contribution >= 4 is 5.91 Å². The molecule has 0 aliphatic rings. The van der Waals surface area contributed by atoms with Gasteiger partial charge in [0.25, 0.3) is 5.91 Å². The molecule has 3 nitrogen and oxygen atoms in total. The number of nitrogens with zero attached hydrogens (tertiary/aromatic N) is 1. The Morgan fingerprint density at radius 2 is 1.53 bits per heavy atom. The number of primary amides is 1. The third-order valence-corrected chi connectivity index (χ3v) is 4.52. The summed E-state index contributed by atoms with van der Waals surface area (Å²) in [5.41, 5.74) is 9.18. The quantitative estimate of drug-likeness (QED) is 0.788. The van der Waals surface area contributed by atoms with E-state index in [0.29, 0.717) is 0 Å². The molecule has 19 heavy (non-hydrogen) atoms. The first-order valence-electron chi connectivity index (χ1n) is 7.14. The van der Waals surface area contributed by atoms with Gasteiger partial charge in [-0.25, -0.2) is 0 Å². The number of hydrogen-bond acceptors (Lipinski definition) is 1. The third kappa shape index (κ3) is 2.81. The van der Waals surface area contributed by atoms with Crippen molar-refractivity contribution in [3.05, 3.63) is 34.9 Å². The lowest BCUT2D eigenvalue weighted by Crippen LogP contribution is -2.55. The monoisotopic (exact) mass is 263 g/mol. The van der Waals surface area contributed by atoms with E-state index in [1.807, 2.05) is 6.07 Å². The van der Waals surface area contributed by atoms with E-state index in [0.717, 1.165) is 40.8 Å². The van der Waals surface area contributed by atoms with E-state index in [4.69, 9.17) is 5.73 Å². The van der Waals surface area contributed by atoms with E-state index >= 15 is 0 Å². The van der Waals surface area contributed by atoms with Gasteiger partial charge in [0.05, 0.1) is 19.6 Å². The van der Waals surface area contributed by atoms with Gasteiger partial charge < -0.3 is 10.2 Å².